The van der Waals surface area contributed by atoms with E-state index in [1.165, 1.54) is 0 Å². The highest BCUT2D eigenvalue weighted by Crippen LogP contribution is 2.34. The summed E-state index contributed by atoms with van der Waals surface area (Å²) >= 11 is 6.01. The summed E-state index contributed by atoms with van der Waals surface area (Å²) in [6.07, 6.45) is 1.71. The molecule has 1 N–H and O–H groups in total. The van der Waals surface area contributed by atoms with E-state index >= 15 is 0 Å². The molecule has 0 unspecified atom stereocenters. The average molecular weight is 386 g/mol. The number of hydrogen-bond donors (Lipinski definition) is 1. The second kappa shape index (κ2) is 6.88. The van der Waals surface area contributed by atoms with Crippen LogP contribution in [0.3, 0.4) is 0 Å². The number of H-pyrrole nitrogens is 1. The lowest BCUT2D eigenvalue weighted by Gasteiger charge is -2.47. The van der Waals surface area contributed by atoms with Gasteiger partial charge in [0.2, 0.25) is 0 Å². The van der Waals surface area contributed by atoms with Crippen LogP contribution in [0.4, 0.5) is 5.69 Å². The summed E-state index contributed by atoms with van der Waals surface area (Å²) in [5.74, 6) is 0.510. The molecule has 1 fully saturated rings. The highest BCUT2D eigenvalue weighted by Gasteiger charge is 2.33. The predicted octanol–water partition coefficient (Wildman–Crippen LogP) is 3.79. The first-order valence-corrected chi connectivity index (χ1v) is 9.17. The monoisotopic (exact) mass is 385 g/mol. The molecule has 0 spiro atoms. The van der Waals surface area contributed by atoms with E-state index in [-0.39, 0.29) is 5.91 Å². The topological polar surface area (TPSA) is 68.4 Å². The van der Waals surface area contributed by atoms with Crippen molar-refractivity contribution in [1.29, 1.82) is 0 Å². The van der Waals surface area contributed by atoms with Gasteiger partial charge in [-0.25, -0.2) is 0 Å². The van der Waals surface area contributed by atoms with Gasteiger partial charge in [-0.3, -0.25) is 4.79 Å². The lowest BCUT2D eigenvalue weighted by Crippen LogP contribution is -2.58. The number of halogens is 1. The molecule has 2 aromatic carbocycles. The van der Waals surface area contributed by atoms with Crippen molar-refractivity contribution in [1.82, 2.24) is 14.5 Å². The summed E-state index contributed by atoms with van der Waals surface area (Å²) in [5, 5.41) is 14.8. The SMILES string of the molecule is COc1ccccc1[N+]1([O-])CCN(C(=O)c2c[nH]c3cc(Cl)ccc23)CC1. The zero-order valence-electron chi connectivity index (χ0n) is 14.9. The Morgan fingerprint density at radius 1 is 1.22 bits per heavy atom. The molecular weight excluding hydrogens is 366 g/mol. The quantitative estimate of drug-likeness (QED) is 0.551. The Morgan fingerprint density at radius 2 is 1.96 bits per heavy atom. The van der Waals surface area contributed by atoms with Crippen molar-refractivity contribution in [2.45, 2.75) is 0 Å². The van der Waals surface area contributed by atoms with Gasteiger partial charge in [0.1, 0.15) is 13.1 Å². The fourth-order valence-electron chi connectivity index (χ4n) is 3.64. The average Bonchev–Trinajstić information content (AvgIpc) is 3.11. The number of piperazine rings is 1. The lowest BCUT2D eigenvalue weighted by molar-refractivity contribution is 0.0684. The molecule has 1 amide bonds. The first-order chi connectivity index (χ1) is 13.0. The van der Waals surface area contributed by atoms with Gasteiger partial charge < -0.3 is 24.5 Å². The zero-order valence-corrected chi connectivity index (χ0v) is 15.7. The van der Waals surface area contributed by atoms with Crippen LogP contribution < -0.4 is 9.38 Å². The number of nitrogens with zero attached hydrogens (tertiary/aromatic N) is 2. The van der Waals surface area contributed by atoms with Crippen LogP contribution >= 0.6 is 11.6 Å². The molecule has 3 aromatic rings. The fourth-order valence-corrected chi connectivity index (χ4v) is 3.82. The molecule has 6 nitrogen and oxygen atoms in total. The predicted molar refractivity (Wildman–Crippen MR) is 107 cm³/mol. The number of carbonyl (C=O) groups excluding carboxylic acids is 1. The molecule has 0 saturated carbocycles. The lowest BCUT2D eigenvalue weighted by atomic mass is 10.1. The smallest absolute Gasteiger partial charge is 0.256 e. The molecule has 140 valence electrons. The van der Waals surface area contributed by atoms with E-state index in [4.69, 9.17) is 16.3 Å². The van der Waals surface area contributed by atoms with Crippen molar-refractivity contribution in [3.63, 3.8) is 0 Å². The van der Waals surface area contributed by atoms with Crippen molar-refractivity contribution in [2.24, 2.45) is 0 Å². The van der Waals surface area contributed by atoms with Gasteiger partial charge in [-0.1, -0.05) is 29.8 Å². The van der Waals surface area contributed by atoms with Crippen LogP contribution in [0, 0.1) is 5.21 Å². The number of methoxy groups -OCH3 is 1. The van der Waals surface area contributed by atoms with Crippen LogP contribution in [0.15, 0.2) is 48.7 Å². The normalized spacial score (nSPS) is 16.5. The Kier molecular flexibility index (Phi) is 4.55. The summed E-state index contributed by atoms with van der Waals surface area (Å²) in [7, 11) is 1.56. The Bertz CT molecular complexity index is 993. The maximum atomic E-state index is 13.3. The first kappa shape index (κ1) is 17.9. The molecule has 0 bridgehead atoms. The number of hydrogen-bond acceptors (Lipinski definition) is 3. The highest BCUT2D eigenvalue weighted by molar-refractivity contribution is 6.31. The molecule has 1 aromatic heterocycles. The number of fused-ring (bicyclic) bond motifs is 1. The van der Waals surface area contributed by atoms with E-state index in [1.54, 1.807) is 42.5 Å². The van der Waals surface area contributed by atoms with Gasteiger partial charge in [0.25, 0.3) is 5.91 Å². The van der Waals surface area contributed by atoms with E-state index in [1.807, 2.05) is 18.2 Å². The third kappa shape index (κ3) is 3.16. The summed E-state index contributed by atoms with van der Waals surface area (Å²) in [5.41, 5.74) is 2.03. The van der Waals surface area contributed by atoms with Crippen LogP contribution in [-0.4, -0.2) is 49.1 Å². The summed E-state index contributed by atoms with van der Waals surface area (Å²) in [6, 6.07) is 12.7. The van der Waals surface area contributed by atoms with Crippen molar-refractivity contribution in [3.05, 3.63) is 64.5 Å². The van der Waals surface area contributed by atoms with Crippen molar-refractivity contribution in [3.8, 4) is 5.75 Å². The van der Waals surface area contributed by atoms with Gasteiger partial charge in [-0.15, -0.1) is 0 Å². The van der Waals surface area contributed by atoms with Crippen molar-refractivity contribution >= 4 is 34.1 Å². The van der Waals surface area contributed by atoms with Crippen LogP contribution in [0.1, 0.15) is 10.4 Å². The van der Waals surface area contributed by atoms with Gasteiger partial charge in [0, 0.05) is 28.2 Å². The molecule has 4 rings (SSSR count). The van der Waals surface area contributed by atoms with E-state index in [2.05, 4.69) is 4.98 Å². The molecule has 7 heteroatoms. The largest absolute Gasteiger partial charge is 0.627 e. The van der Waals surface area contributed by atoms with Gasteiger partial charge >= 0.3 is 0 Å². The minimum absolute atomic E-state index is 0.0742. The Labute approximate surface area is 162 Å². The standard InChI is InChI=1S/C20H20ClN3O3/c1-27-19-5-3-2-4-18(19)24(26)10-8-23(9-11-24)20(25)16-13-22-17-12-14(21)6-7-15(16)17/h2-7,12-13,22H,8-11H2,1H3. The number of amides is 1. The molecule has 1 aliphatic heterocycles. The molecule has 0 aliphatic carbocycles. The van der Waals surface area contributed by atoms with Crippen LogP contribution in [0.5, 0.6) is 5.75 Å². The van der Waals surface area contributed by atoms with Crippen LogP contribution in [0.25, 0.3) is 10.9 Å². The van der Waals surface area contributed by atoms with Gasteiger partial charge in [-0.05, 0) is 18.2 Å². The number of quaternary nitrogens is 1. The Balaban J connectivity index is 1.54. The molecule has 1 saturated heterocycles. The van der Waals surface area contributed by atoms with E-state index in [0.717, 1.165) is 10.9 Å². The Morgan fingerprint density at radius 3 is 2.70 bits per heavy atom. The van der Waals surface area contributed by atoms with Crippen molar-refractivity contribution < 1.29 is 9.53 Å². The van der Waals surface area contributed by atoms with Crippen LogP contribution in [-0.2, 0) is 0 Å². The Hall–Kier alpha value is -2.54. The maximum Gasteiger partial charge on any atom is 0.256 e. The van der Waals surface area contributed by atoms with E-state index in [0.29, 0.717) is 48.2 Å². The third-order valence-electron chi connectivity index (χ3n) is 5.15. The minimum Gasteiger partial charge on any atom is -0.627 e. The number of hydroxylamine groups is 2. The molecule has 27 heavy (non-hydrogen) atoms. The number of para-hydroxylation sites is 2. The number of aromatic amines is 1. The maximum absolute atomic E-state index is 13.3. The number of benzene rings is 2. The summed E-state index contributed by atoms with van der Waals surface area (Å²) < 4.78 is 4.85. The van der Waals surface area contributed by atoms with Gasteiger partial charge in [0.05, 0.1) is 25.8 Å². The summed E-state index contributed by atoms with van der Waals surface area (Å²) in [6.45, 7) is 1.36. The third-order valence-corrected chi connectivity index (χ3v) is 5.38. The summed E-state index contributed by atoms with van der Waals surface area (Å²) in [4.78, 5) is 17.8. The van der Waals surface area contributed by atoms with Crippen molar-refractivity contribution in [2.75, 3.05) is 33.3 Å². The number of rotatable bonds is 3. The molecule has 2 heterocycles. The molecule has 0 atom stereocenters. The zero-order chi connectivity index (χ0) is 19.0. The van der Waals surface area contributed by atoms with Gasteiger partial charge in [-0.2, -0.15) is 0 Å². The first-order valence-electron chi connectivity index (χ1n) is 8.79. The van der Waals surface area contributed by atoms with E-state index in [9.17, 15) is 10.0 Å². The number of ether oxygens (including phenoxy) is 1. The molecule has 0 radical (unpaired) electrons. The second-order valence-corrected chi connectivity index (χ2v) is 7.13. The van der Waals surface area contributed by atoms with E-state index < -0.39 is 4.65 Å². The minimum atomic E-state index is -0.489. The fraction of sp³-hybridized carbons (Fsp3) is 0.250. The number of carbonyl (C=O) groups is 1. The highest BCUT2D eigenvalue weighted by atomic mass is 35.5. The van der Waals surface area contributed by atoms with Gasteiger partial charge in [0.15, 0.2) is 11.4 Å². The molecular formula is C20H20ClN3O3. The molecule has 1 aliphatic rings. The number of nitrogens with one attached hydrogen (secondary N) is 1. The second-order valence-electron chi connectivity index (χ2n) is 6.69. The van der Waals surface area contributed by atoms with Crippen LogP contribution in [0.2, 0.25) is 5.02 Å². The number of aromatic nitrogens is 1.